The van der Waals surface area contributed by atoms with Gasteiger partial charge in [0.25, 0.3) is 5.91 Å². The molecule has 1 saturated heterocycles. The van der Waals surface area contributed by atoms with Gasteiger partial charge >= 0.3 is 0 Å². The molecule has 1 heterocycles. The van der Waals surface area contributed by atoms with Crippen molar-refractivity contribution < 1.29 is 13.9 Å². The van der Waals surface area contributed by atoms with Crippen LogP contribution in [0.4, 0.5) is 10.1 Å². The molecule has 1 aliphatic heterocycles. The molecule has 0 aromatic heterocycles. The molecule has 5 heteroatoms. The third-order valence-electron chi connectivity index (χ3n) is 3.28. The molecule has 1 aromatic rings. The molecule has 0 saturated carbocycles. The molecule has 18 heavy (non-hydrogen) atoms. The quantitative estimate of drug-likeness (QED) is 0.814. The second-order valence-corrected chi connectivity index (χ2v) is 4.50. The lowest BCUT2D eigenvalue weighted by molar-refractivity contribution is 0.0359. The minimum Gasteiger partial charge on any atom is -0.399 e. The Bertz CT molecular complexity index is 445. The first-order valence-corrected chi connectivity index (χ1v) is 5.99. The van der Waals surface area contributed by atoms with E-state index in [0.29, 0.717) is 18.9 Å². The van der Waals surface area contributed by atoms with Crippen molar-refractivity contribution in [1.29, 1.82) is 0 Å². The predicted octanol–water partition coefficient (Wildman–Crippen LogP) is 1.66. The van der Waals surface area contributed by atoms with Crippen LogP contribution in [0, 0.1) is 5.82 Å². The summed E-state index contributed by atoms with van der Waals surface area (Å²) in [6, 6.07) is 4.15. The summed E-state index contributed by atoms with van der Waals surface area (Å²) in [7, 11) is 1.70. The van der Waals surface area contributed by atoms with Crippen LogP contribution in [0.15, 0.2) is 18.2 Å². The number of hydrogen-bond donors (Lipinski definition) is 1. The number of ether oxygens (including phenoxy) is 1. The summed E-state index contributed by atoms with van der Waals surface area (Å²) in [5.74, 6) is -0.861. The van der Waals surface area contributed by atoms with Crippen molar-refractivity contribution in [2.45, 2.75) is 18.9 Å². The third kappa shape index (κ3) is 2.61. The van der Waals surface area contributed by atoms with Crippen molar-refractivity contribution in [2.75, 3.05) is 26.0 Å². The van der Waals surface area contributed by atoms with E-state index in [4.69, 9.17) is 10.5 Å². The number of carbonyl (C=O) groups excluding carboxylic acids is 1. The molecule has 1 fully saturated rings. The Morgan fingerprint density at radius 2 is 2.11 bits per heavy atom. The van der Waals surface area contributed by atoms with Crippen molar-refractivity contribution in [3.05, 3.63) is 29.6 Å². The lowest BCUT2D eigenvalue weighted by atomic mass is 10.1. The van der Waals surface area contributed by atoms with Crippen molar-refractivity contribution in [2.24, 2.45) is 0 Å². The van der Waals surface area contributed by atoms with Crippen molar-refractivity contribution in [3.8, 4) is 0 Å². The highest BCUT2D eigenvalue weighted by Crippen LogP contribution is 2.19. The summed E-state index contributed by atoms with van der Waals surface area (Å²) in [4.78, 5) is 13.8. The zero-order chi connectivity index (χ0) is 13.1. The molecule has 1 aliphatic rings. The van der Waals surface area contributed by atoms with Gasteiger partial charge in [-0.25, -0.2) is 4.39 Å². The minimum atomic E-state index is -0.534. The Balaban J connectivity index is 2.16. The Labute approximate surface area is 106 Å². The topological polar surface area (TPSA) is 55.6 Å². The number of nitrogens with two attached hydrogens (primary N) is 1. The van der Waals surface area contributed by atoms with Gasteiger partial charge in [0.15, 0.2) is 0 Å². The van der Waals surface area contributed by atoms with E-state index in [1.54, 1.807) is 11.9 Å². The van der Waals surface area contributed by atoms with E-state index in [0.717, 1.165) is 12.8 Å². The maximum absolute atomic E-state index is 13.6. The number of benzene rings is 1. The summed E-state index contributed by atoms with van der Waals surface area (Å²) in [6.07, 6.45) is 1.57. The first-order valence-electron chi connectivity index (χ1n) is 5.99. The van der Waals surface area contributed by atoms with E-state index in [1.165, 1.54) is 18.2 Å². The predicted molar refractivity (Wildman–Crippen MR) is 66.7 cm³/mol. The molecule has 0 spiro atoms. The smallest absolute Gasteiger partial charge is 0.256 e. The first-order chi connectivity index (χ1) is 8.59. The highest BCUT2D eigenvalue weighted by atomic mass is 19.1. The maximum Gasteiger partial charge on any atom is 0.256 e. The fourth-order valence-electron chi connectivity index (χ4n) is 2.14. The van der Waals surface area contributed by atoms with E-state index < -0.39 is 5.82 Å². The summed E-state index contributed by atoms with van der Waals surface area (Å²) >= 11 is 0. The van der Waals surface area contributed by atoms with Crippen LogP contribution in [0.3, 0.4) is 0 Å². The number of amides is 1. The Kier molecular flexibility index (Phi) is 3.81. The number of anilines is 1. The van der Waals surface area contributed by atoms with Gasteiger partial charge in [0, 0.05) is 32.0 Å². The van der Waals surface area contributed by atoms with Crippen molar-refractivity contribution >= 4 is 11.6 Å². The zero-order valence-corrected chi connectivity index (χ0v) is 10.4. The number of rotatable bonds is 2. The SMILES string of the molecule is CN(C(=O)c1cc(N)ccc1F)C1CCOCC1. The zero-order valence-electron chi connectivity index (χ0n) is 10.4. The fraction of sp³-hybridized carbons (Fsp3) is 0.462. The Morgan fingerprint density at radius 3 is 2.78 bits per heavy atom. The van der Waals surface area contributed by atoms with Gasteiger partial charge in [0.05, 0.1) is 5.56 Å². The maximum atomic E-state index is 13.6. The standard InChI is InChI=1S/C13H17FN2O2/c1-16(10-4-6-18-7-5-10)13(17)11-8-9(15)2-3-12(11)14/h2-3,8,10H,4-7,15H2,1H3. The van der Waals surface area contributed by atoms with E-state index in [1.807, 2.05) is 0 Å². The van der Waals surface area contributed by atoms with Crippen LogP contribution < -0.4 is 5.73 Å². The van der Waals surface area contributed by atoms with Crippen LogP contribution >= 0.6 is 0 Å². The molecule has 1 amide bonds. The Morgan fingerprint density at radius 1 is 1.44 bits per heavy atom. The molecule has 98 valence electrons. The lowest BCUT2D eigenvalue weighted by Gasteiger charge is -2.31. The molecular formula is C13H17FN2O2. The fourth-order valence-corrected chi connectivity index (χ4v) is 2.14. The number of carbonyl (C=O) groups is 1. The minimum absolute atomic E-state index is 0.0315. The molecule has 0 atom stereocenters. The van der Waals surface area contributed by atoms with Crippen LogP contribution in [-0.4, -0.2) is 37.1 Å². The van der Waals surface area contributed by atoms with Gasteiger partial charge in [0.1, 0.15) is 5.82 Å². The second kappa shape index (κ2) is 5.35. The van der Waals surface area contributed by atoms with E-state index >= 15 is 0 Å². The van der Waals surface area contributed by atoms with Gasteiger partial charge in [-0.15, -0.1) is 0 Å². The lowest BCUT2D eigenvalue weighted by Crippen LogP contribution is -2.41. The van der Waals surface area contributed by atoms with Gasteiger partial charge in [-0.2, -0.15) is 0 Å². The highest BCUT2D eigenvalue weighted by Gasteiger charge is 2.25. The molecule has 2 N–H and O–H groups in total. The summed E-state index contributed by atoms with van der Waals surface area (Å²) in [6.45, 7) is 1.28. The number of hydrogen-bond acceptors (Lipinski definition) is 3. The summed E-state index contributed by atoms with van der Waals surface area (Å²) in [5, 5.41) is 0. The number of nitrogen functional groups attached to an aromatic ring is 1. The van der Waals surface area contributed by atoms with E-state index in [-0.39, 0.29) is 17.5 Å². The van der Waals surface area contributed by atoms with Gasteiger partial charge in [-0.05, 0) is 31.0 Å². The third-order valence-corrected chi connectivity index (χ3v) is 3.28. The van der Waals surface area contributed by atoms with Crippen LogP contribution in [0.2, 0.25) is 0 Å². The van der Waals surface area contributed by atoms with E-state index in [9.17, 15) is 9.18 Å². The second-order valence-electron chi connectivity index (χ2n) is 4.50. The average molecular weight is 252 g/mol. The number of halogens is 1. The van der Waals surface area contributed by atoms with Gasteiger partial charge < -0.3 is 15.4 Å². The normalized spacial score (nSPS) is 16.6. The molecule has 0 bridgehead atoms. The average Bonchev–Trinajstić information content (AvgIpc) is 2.41. The monoisotopic (exact) mass is 252 g/mol. The van der Waals surface area contributed by atoms with Crippen LogP contribution in [0.25, 0.3) is 0 Å². The number of nitrogens with zero attached hydrogens (tertiary/aromatic N) is 1. The Hall–Kier alpha value is -1.62. The molecule has 0 aliphatic carbocycles. The van der Waals surface area contributed by atoms with Crippen molar-refractivity contribution in [3.63, 3.8) is 0 Å². The molecule has 0 unspecified atom stereocenters. The first kappa shape index (κ1) is 12.8. The van der Waals surface area contributed by atoms with Crippen LogP contribution in [0.1, 0.15) is 23.2 Å². The summed E-state index contributed by atoms with van der Waals surface area (Å²) < 4.78 is 18.9. The van der Waals surface area contributed by atoms with Gasteiger partial charge in [0.2, 0.25) is 0 Å². The largest absolute Gasteiger partial charge is 0.399 e. The van der Waals surface area contributed by atoms with Gasteiger partial charge in [-0.1, -0.05) is 0 Å². The molecular weight excluding hydrogens is 235 g/mol. The summed E-state index contributed by atoms with van der Waals surface area (Å²) in [5.41, 5.74) is 6.01. The molecule has 0 radical (unpaired) electrons. The highest BCUT2D eigenvalue weighted by molar-refractivity contribution is 5.95. The van der Waals surface area contributed by atoms with Crippen LogP contribution in [0.5, 0.6) is 0 Å². The van der Waals surface area contributed by atoms with Crippen molar-refractivity contribution in [1.82, 2.24) is 4.90 Å². The molecule has 4 nitrogen and oxygen atoms in total. The molecule has 2 rings (SSSR count). The van der Waals surface area contributed by atoms with E-state index in [2.05, 4.69) is 0 Å². The van der Waals surface area contributed by atoms with Gasteiger partial charge in [-0.3, -0.25) is 4.79 Å². The van der Waals surface area contributed by atoms with Crippen LogP contribution in [-0.2, 0) is 4.74 Å². The molecule has 1 aromatic carbocycles.